The predicted molar refractivity (Wildman–Crippen MR) is 126 cm³/mol. The van der Waals surface area contributed by atoms with Gasteiger partial charge in [-0.15, -0.1) is 0 Å². The van der Waals surface area contributed by atoms with E-state index in [0.717, 1.165) is 15.8 Å². The number of benzene rings is 2. The second-order valence-electron chi connectivity index (χ2n) is 8.89. The van der Waals surface area contributed by atoms with Crippen molar-refractivity contribution in [3.05, 3.63) is 93.9 Å². The SMILES string of the molecule is O=C(Cn1ncc(OCc2ccccc2)cc1=O)c1ccc(CN2CCC(O)(C(F)(F)F)CC2)cc1. The highest BCUT2D eigenvalue weighted by Gasteiger charge is 2.54. The van der Waals surface area contributed by atoms with E-state index in [4.69, 9.17) is 4.74 Å². The van der Waals surface area contributed by atoms with Gasteiger partial charge in [-0.1, -0.05) is 54.6 Å². The van der Waals surface area contributed by atoms with Gasteiger partial charge in [-0.2, -0.15) is 18.3 Å². The number of likely N-dealkylation sites (tertiary alicyclic amines) is 1. The van der Waals surface area contributed by atoms with E-state index in [1.54, 1.807) is 24.3 Å². The molecule has 0 unspecified atom stereocenters. The Kier molecular flexibility index (Phi) is 7.56. The van der Waals surface area contributed by atoms with Crippen molar-refractivity contribution in [2.45, 2.75) is 44.3 Å². The van der Waals surface area contributed by atoms with E-state index < -0.39 is 17.3 Å². The highest BCUT2D eigenvalue weighted by Crippen LogP contribution is 2.38. The van der Waals surface area contributed by atoms with E-state index in [1.807, 2.05) is 35.2 Å². The van der Waals surface area contributed by atoms with Crippen LogP contribution in [0.1, 0.15) is 34.3 Å². The Morgan fingerprint density at radius 3 is 2.31 bits per heavy atom. The number of alkyl halides is 3. The molecule has 36 heavy (non-hydrogen) atoms. The first kappa shape index (κ1) is 25.6. The summed E-state index contributed by atoms with van der Waals surface area (Å²) in [5.41, 5.74) is -0.919. The van der Waals surface area contributed by atoms with E-state index in [-0.39, 0.29) is 44.9 Å². The maximum absolute atomic E-state index is 13.0. The lowest BCUT2D eigenvalue weighted by atomic mass is 9.90. The van der Waals surface area contributed by atoms with Crippen LogP contribution in [0.4, 0.5) is 13.2 Å². The second kappa shape index (κ2) is 10.6. The number of hydrogen-bond acceptors (Lipinski definition) is 6. The molecule has 3 aromatic rings. The summed E-state index contributed by atoms with van der Waals surface area (Å²) in [6, 6.07) is 17.5. The normalized spacial score (nSPS) is 16.0. The number of aromatic nitrogens is 2. The molecule has 1 aliphatic heterocycles. The van der Waals surface area contributed by atoms with Crippen LogP contribution in [-0.4, -0.2) is 50.4 Å². The van der Waals surface area contributed by atoms with Crippen LogP contribution in [0.25, 0.3) is 0 Å². The molecule has 7 nitrogen and oxygen atoms in total. The second-order valence-corrected chi connectivity index (χ2v) is 8.89. The van der Waals surface area contributed by atoms with Gasteiger partial charge in [0, 0.05) is 31.3 Å². The Balaban J connectivity index is 1.30. The summed E-state index contributed by atoms with van der Waals surface area (Å²) in [5.74, 6) is 0.00519. The van der Waals surface area contributed by atoms with E-state index in [0.29, 0.717) is 17.9 Å². The number of halogens is 3. The fraction of sp³-hybridized carbons (Fsp3) is 0.346. The maximum atomic E-state index is 13.0. The highest BCUT2D eigenvalue weighted by atomic mass is 19.4. The average Bonchev–Trinajstić information content (AvgIpc) is 2.86. The number of ketones is 1. The topological polar surface area (TPSA) is 84.7 Å². The Morgan fingerprint density at radius 1 is 1.03 bits per heavy atom. The van der Waals surface area contributed by atoms with Gasteiger partial charge in [-0.3, -0.25) is 14.5 Å². The van der Waals surface area contributed by atoms with Gasteiger partial charge in [-0.25, -0.2) is 4.68 Å². The minimum absolute atomic E-state index is 0.121. The lowest BCUT2D eigenvalue weighted by molar-refractivity contribution is -0.272. The molecule has 2 heterocycles. The Labute approximate surface area is 205 Å². The van der Waals surface area contributed by atoms with Gasteiger partial charge in [0.25, 0.3) is 5.56 Å². The van der Waals surface area contributed by atoms with Crippen LogP contribution in [0.5, 0.6) is 5.75 Å². The number of carbonyl (C=O) groups excluding carboxylic acids is 1. The van der Waals surface area contributed by atoms with E-state index in [2.05, 4.69) is 5.10 Å². The summed E-state index contributed by atoms with van der Waals surface area (Å²) >= 11 is 0. The van der Waals surface area contributed by atoms with Crippen LogP contribution < -0.4 is 10.3 Å². The number of carbonyl (C=O) groups is 1. The average molecular weight is 502 g/mol. The lowest BCUT2D eigenvalue weighted by Gasteiger charge is -2.39. The molecule has 0 amide bonds. The molecular weight excluding hydrogens is 475 g/mol. The molecule has 0 aliphatic carbocycles. The van der Waals surface area contributed by atoms with Crippen LogP contribution >= 0.6 is 0 Å². The Morgan fingerprint density at radius 2 is 1.69 bits per heavy atom. The molecule has 0 spiro atoms. The van der Waals surface area contributed by atoms with Gasteiger partial charge in [0.05, 0.1) is 6.20 Å². The van der Waals surface area contributed by atoms with Gasteiger partial charge < -0.3 is 9.84 Å². The van der Waals surface area contributed by atoms with Gasteiger partial charge >= 0.3 is 6.18 Å². The Bertz CT molecular complexity index is 1240. The van der Waals surface area contributed by atoms with Crippen molar-refractivity contribution in [3.63, 3.8) is 0 Å². The molecule has 0 bridgehead atoms. The standard InChI is InChI=1S/C26H26F3N3O4/c27-26(28,29)25(35)10-12-31(13-11-25)16-19-6-8-21(9-7-19)23(33)17-32-24(34)14-22(15-30-32)36-18-20-4-2-1-3-5-20/h1-9,14-15,35H,10-13,16-18H2. The molecule has 10 heteroatoms. The molecule has 1 aromatic heterocycles. The van der Waals surface area contributed by atoms with Crippen molar-refractivity contribution in [2.75, 3.05) is 13.1 Å². The van der Waals surface area contributed by atoms with Crippen LogP contribution in [0.15, 0.2) is 71.7 Å². The summed E-state index contributed by atoms with van der Waals surface area (Å²) in [5, 5.41) is 13.8. The third kappa shape index (κ3) is 6.19. The number of hydrogen-bond donors (Lipinski definition) is 1. The number of aliphatic hydroxyl groups is 1. The fourth-order valence-electron chi connectivity index (χ4n) is 4.00. The molecule has 1 N–H and O–H groups in total. The van der Waals surface area contributed by atoms with Gasteiger partial charge in [-0.05, 0) is 24.0 Å². The Hall–Kier alpha value is -3.50. The van der Waals surface area contributed by atoms with Gasteiger partial charge in [0.1, 0.15) is 18.9 Å². The number of rotatable bonds is 8. The minimum atomic E-state index is -4.63. The number of ether oxygens (including phenoxy) is 1. The molecule has 190 valence electrons. The predicted octanol–water partition coefficient (Wildman–Crippen LogP) is 3.59. The fourth-order valence-corrected chi connectivity index (χ4v) is 4.00. The van der Waals surface area contributed by atoms with E-state index in [9.17, 15) is 27.9 Å². The van der Waals surface area contributed by atoms with Crippen molar-refractivity contribution >= 4 is 5.78 Å². The summed E-state index contributed by atoms with van der Waals surface area (Å²) in [4.78, 5) is 26.9. The molecular formula is C26H26F3N3O4. The summed E-state index contributed by atoms with van der Waals surface area (Å²) < 4.78 is 45.5. The largest absolute Gasteiger partial charge is 0.487 e. The molecule has 0 radical (unpaired) electrons. The van der Waals surface area contributed by atoms with Gasteiger partial charge in [0.15, 0.2) is 11.4 Å². The number of nitrogens with zero attached hydrogens (tertiary/aromatic N) is 3. The molecule has 4 rings (SSSR count). The lowest BCUT2D eigenvalue weighted by Crippen LogP contribution is -2.53. The van der Waals surface area contributed by atoms with Crippen molar-refractivity contribution in [1.82, 2.24) is 14.7 Å². The summed E-state index contributed by atoms with van der Waals surface area (Å²) in [7, 11) is 0. The molecule has 0 saturated carbocycles. The van der Waals surface area contributed by atoms with Crippen LogP contribution in [-0.2, 0) is 19.7 Å². The van der Waals surface area contributed by atoms with E-state index >= 15 is 0 Å². The van der Waals surface area contributed by atoms with Crippen LogP contribution in [0.3, 0.4) is 0 Å². The first-order valence-electron chi connectivity index (χ1n) is 11.5. The molecule has 2 aromatic carbocycles. The minimum Gasteiger partial charge on any atom is -0.487 e. The zero-order chi connectivity index (χ0) is 25.8. The number of Topliss-reactive ketones (excluding diaryl/α,β-unsaturated/α-hetero) is 1. The first-order valence-corrected chi connectivity index (χ1v) is 11.5. The number of piperidine rings is 1. The highest BCUT2D eigenvalue weighted by molar-refractivity contribution is 5.95. The first-order chi connectivity index (χ1) is 17.1. The van der Waals surface area contributed by atoms with Crippen LogP contribution in [0, 0.1) is 0 Å². The van der Waals surface area contributed by atoms with Crippen LogP contribution in [0.2, 0.25) is 0 Å². The summed E-state index contributed by atoms with van der Waals surface area (Å²) in [6.07, 6.45) is -3.98. The van der Waals surface area contributed by atoms with E-state index in [1.165, 1.54) is 12.3 Å². The maximum Gasteiger partial charge on any atom is 0.417 e. The molecule has 1 saturated heterocycles. The quantitative estimate of drug-likeness (QED) is 0.475. The van der Waals surface area contributed by atoms with Crippen molar-refractivity contribution in [2.24, 2.45) is 0 Å². The molecule has 1 aliphatic rings. The van der Waals surface area contributed by atoms with Gasteiger partial charge in [0.2, 0.25) is 0 Å². The smallest absolute Gasteiger partial charge is 0.417 e. The van der Waals surface area contributed by atoms with Crippen molar-refractivity contribution in [3.8, 4) is 5.75 Å². The monoisotopic (exact) mass is 501 g/mol. The zero-order valence-electron chi connectivity index (χ0n) is 19.4. The molecule has 1 fully saturated rings. The molecule has 0 atom stereocenters. The summed E-state index contributed by atoms with van der Waals surface area (Å²) in [6.45, 7) is 0.706. The van der Waals surface area contributed by atoms with Crippen molar-refractivity contribution < 1.29 is 27.8 Å². The third-order valence-electron chi connectivity index (χ3n) is 6.28. The zero-order valence-corrected chi connectivity index (χ0v) is 19.4. The third-order valence-corrected chi connectivity index (χ3v) is 6.28. The van der Waals surface area contributed by atoms with Crippen molar-refractivity contribution in [1.29, 1.82) is 0 Å².